The van der Waals surface area contributed by atoms with Crippen LogP contribution in [0.2, 0.25) is 0 Å². The highest BCUT2D eigenvalue weighted by molar-refractivity contribution is 5.94. The van der Waals surface area contributed by atoms with E-state index < -0.39 is 35.9 Å². The second-order valence-corrected chi connectivity index (χ2v) is 10.9. The van der Waals surface area contributed by atoms with Crippen LogP contribution in [0.4, 0.5) is 0 Å². The van der Waals surface area contributed by atoms with Crippen LogP contribution in [0.15, 0.2) is 78.9 Å². The molecule has 5 rings (SSSR count). The Balaban J connectivity index is 1.38. The summed E-state index contributed by atoms with van der Waals surface area (Å²) < 4.78 is 0. The summed E-state index contributed by atoms with van der Waals surface area (Å²) in [4.78, 5) is 53.6. The first-order valence-corrected chi connectivity index (χ1v) is 13.9. The smallest absolute Gasteiger partial charge is 0.248 e. The maximum Gasteiger partial charge on any atom is 0.248 e. The molecule has 1 fully saturated rings. The summed E-state index contributed by atoms with van der Waals surface area (Å²) in [6, 6.07) is 21.9. The fraction of sp³-hybridized carbons (Fsp3) is 0.312. The number of carbonyl (C=O) groups excluding carboxylic acids is 4. The molecule has 41 heavy (non-hydrogen) atoms. The fourth-order valence-corrected chi connectivity index (χ4v) is 5.80. The van der Waals surface area contributed by atoms with Gasteiger partial charge in [0.2, 0.25) is 23.6 Å². The number of nitrogens with zero attached hydrogens (tertiary/aromatic N) is 1. The highest BCUT2D eigenvalue weighted by atomic mass is 16.2. The summed E-state index contributed by atoms with van der Waals surface area (Å²) in [6.45, 7) is 1.76. The Morgan fingerprint density at radius 3 is 2.44 bits per heavy atom. The molecule has 1 aliphatic heterocycles. The first-order valence-electron chi connectivity index (χ1n) is 13.9. The molecule has 1 saturated heterocycles. The van der Waals surface area contributed by atoms with Crippen molar-refractivity contribution >= 4 is 23.6 Å². The SMILES string of the molecule is CC(N)C(=O)NC(Cc1cccc(C(N)=O)c1)C(=O)N1C[C@H](C(=O)N[C@H]2CCc3ccccc32)[C@H]1c1ccccc1. The number of likely N-dealkylation sites (tertiary alicyclic amines) is 1. The second-order valence-electron chi connectivity index (χ2n) is 10.9. The molecule has 0 bridgehead atoms. The Labute approximate surface area is 239 Å². The summed E-state index contributed by atoms with van der Waals surface area (Å²) in [7, 11) is 0. The second kappa shape index (κ2) is 11.9. The lowest BCUT2D eigenvalue weighted by Crippen LogP contribution is -2.62. The number of hydrogen-bond donors (Lipinski definition) is 4. The van der Waals surface area contributed by atoms with Gasteiger partial charge in [0.05, 0.1) is 24.0 Å². The molecular formula is C32H35N5O4. The van der Waals surface area contributed by atoms with Gasteiger partial charge in [0.15, 0.2) is 0 Å². The zero-order chi connectivity index (χ0) is 29.1. The van der Waals surface area contributed by atoms with E-state index in [0.29, 0.717) is 11.1 Å². The lowest BCUT2D eigenvalue weighted by Gasteiger charge is -2.49. The average molecular weight is 554 g/mol. The predicted octanol–water partition coefficient (Wildman–Crippen LogP) is 2.16. The normalized spacial score (nSPS) is 20.7. The van der Waals surface area contributed by atoms with Crippen molar-refractivity contribution in [2.45, 2.75) is 50.4 Å². The van der Waals surface area contributed by atoms with Crippen LogP contribution in [-0.2, 0) is 27.2 Å². The molecular weight excluding hydrogens is 518 g/mol. The molecule has 1 aliphatic carbocycles. The molecule has 3 aromatic rings. The highest BCUT2D eigenvalue weighted by Crippen LogP contribution is 2.41. The molecule has 6 N–H and O–H groups in total. The number of primary amides is 1. The van der Waals surface area contributed by atoms with Crippen LogP contribution >= 0.6 is 0 Å². The van der Waals surface area contributed by atoms with Gasteiger partial charge < -0.3 is 27.0 Å². The molecule has 5 atom stereocenters. The van der Waals surface area contributed by atoms with Gasteiger partial charge in [-0.05, 0) is 54.2 Å². The Morgan fingerprint density at radius 2 is 1.71 bits per heavy atom. The van der Waals surface area contributed by atoms with E-state index >= 15 is 0 Å². The van der Waals surface area contributed by atoms with Gasteiger partial charge in [0, 0.05) is 18.5 Å². The number of aryl methyl sites for hydroxylation is 1. The van der Waals surface area contributed by atoms with Gasteiger partial charge in [-0.3, -0.25) is 19.2 Å². The lowest BCUT2D eigenvalue weighted by molar-refractivity contribution is -0.154. The minimum Gasteiger partial charge on any atom is -0.366 e. The number of hydrogen-bond acceptors (Lipinski definition) is 5. The van der Waals surface area contributed by atoms with Crippen molar-refractivity contribution in [3.63, 3.8) is 0 Å². The molecule has 212 valence electrons. The third-order valence-electron chi connectivity index (χ3n) is 8.00. The van der Waals surface area contributed by atoms with Crippen molar-refractivity contribution in [2.75, 3.05) is 6.54 Å². The van der Waals surface area contributed by atoms with Crippen LogP contribution in [0.1, 0.15) is 58.0 Å². The largest absolute Gasteiger partial charge is 0.366 e. The van der Waals surface area contributed by atoms with E-state index in [9.17, 15) is 19.2 Å². The third kappa shape index (κ3) is 6.00. The van der Waals surface area contributed by atoms with Gasteiger partial charge in [-0.2, -0.15) is 0 Å². The van der Waals surface area contributed by atoms with E-state index in [2.05, 4.69) is 22.8 Å². The van der Waals surface area contributed by atoms with Gasteiger partial charge >= 0.3 is 0 Å². The Hall–Kier alpha value is -4.50. The summed E-state index contributed by atoms with van der Waals surface area (Å²) in [6.07, 6.45) is 1.88. The molecule has 9 heteroatoms. The van der Waals surface area contributed by atoms with Crippen LogP contribution in [0.25, 0.3) is 0 Å². The molecule has 2 unspecified atom stereocenters. The number of benzene rings is 3. The maximum absolute atomic E-state index is 14.0. The van der Waals surface area contributed by atoms with E-state index in [1.165, 1.54) is 5.56 Å². The summed E-state index contributed by atoms with van der Waals surface area (Å²) >= 11 is 0. The number of fused-ring (bicyclic) bond motifs is 1. The standard InChI is InChI=1S/C32H35N5O4/c1-19(33)30(39)36-27(17-20-8-7-12-23(16-20)29(34)38)32(41)37-18-25(28(37)22-10-3-2-4-11-22)31(40)35-26-15-14-21-9-5-6-13-24(21)26/h2-13,16,19,25-28H,14-15,17-18,33H2,1H3,(H2,34,38)(H,35,40)(H,36,39)/t19?,25-,26-,27?,28+/m0/s1. The Morgan fingerprint density at radius 1 is 0.976 bits per heavy atom. The minimum absolute atomic E-state index is 0.0597. The van der Waals surface area contributed by atoms with Crippen molar-refractivity contribution in [1.29, 1.82) is 0 Å². The molecule has 0 radical (unpaired) electrons. The lowest BCUT2D eigenvalue weighted by atomic mass is 9.81. The van der Waals surface area contributed by atoms with Gasteiger partial charge in [-0.25, -0.2) is 0 Å². The zero-order valence-corrected chi connectivity index (χ0v) is 23.0. The van der Waals surface area contributed by atoms with Crippen molar-refractivity contribution in [2.24, 2.45) is 17.4 Å². The van der Waals surface area contributed by atoms with Crippen LogP contribution in [0, 0.1) is 5.92 Å². The van der Waals surface area contributed by atoms with Crippen molar-refractivity contribution in [3.05, 3.63) is 107 Å². The van der Waals surface area contributed by atoms with Crippen LogP contribution in [0.5, 0.6) is 0 Å². The van der Waals surface area contributed by atoms with Gasteiger partial charge in [0.1, 0.15) is 6.04 Å². The number of carbonyl (C=O) groups is 4. The molecule has 4 amide bonds. The third-order valence-corrected chi connectivity index (χ3v) is 8.00. The zero-order valence-electron chi connectivity index (χ0n) is 23.0. The average Bonchev–Trinajstić information content (AvgIpc) is 3.35. The van der Waals surface area contributed by atoms with Crippen LogP contribution in [0.3, 0.4) is 0 Å². The number of nitrogens with one attached hydrogen (secondary N) is 2. The number of nitrogens with two attached hydrogens (primary N) is 2. The van der Waals surface area contributed by atoms with Gasteiger partial charge in [-0.15, -0.1) is 0 Å². The number of rotatable bonds is 9. The summed E-state index contributed by atoms with van der Waals surface area (Å²) in [5.74, 6) is -1.93. The van der Waals surface area contributed by atoms with E-state index in [4.69, 9.17) is 11.5 Å². The molecule has 2 aliphatic rings. The molecule has 0 aromatic heterocycles. The molecule has 3 aromatic carbocycles. The minimum atomic E-state index is -0.950. The summed E-state index contributed by atoms with van der Waals surface area (Å²) in [5, 5.41) is 6.00. The van der Waals surface area contributed by atoms with Crippen LogP contribution in [-0.4, -0.2) is 47.2 Å². The molecule has 1 heterocycles. The first-order chi connectivity index (χ1) is 19.7. The monoisotopic (exact) mass is 553 g/mol. The molecule has 9 nitrogen and oxygen atoms in total. The van der Waals surface area contributed by atoms with Crippen LogP contribution < -0.4 is 22.1 Å². The van der Waals surface area contributed by atoms with E-state index in [0.717, 1.165) is 24.0 Å². The van der Waals surface area contributed by atoms with Crippen molar-refractivity contribution in [1.82, 2.24) is 15.5 Å². The van der Waals surface area contributed by atoms with Crippen molar-refractivity contribution < 1.29 is 19.2 Å². The Bertz CT molecular complexity index is 1460. The summed E-state index contributed by atoms with van der Waals surface area (Å²) in [5.41, 5.74) is 15.4. The molecule has 0 spiro atoms. The molecule has 0 saturated carbocycles. The van der Waals surface area contributed by atoms with Crippen molar-refractivity contribution in [3.8, 4) is 0 Å². The number of amides is 4. The quantitative estimate of drug-likeness (QED) is 0.321. The van der Waals surface area contributed by atoms with E-state index in [-0.39, 0.29) is 30.8 Å². The maximum atomic E-state index is 14.0. The predicted molar refractivity (Wildman–Crippen MR) is 154 cm³/mol. The van der Waals surface area contributed by atoms with Gasteiger partial charge in [0.25, 0.3) is 0 Å². The first kappa shape index (κ1) is 28.0. The fourth-order valence-electron chi connectivity index (χ4n) is 5.80. The highest BCUT2D eigenvalue weighted by Gasteiger charge is 2.49. The van der Waals surface area contributed by atoms with Gasteiger partial charge in [-0.1, -0.05) is 66.7 Å². The van der Waals surface area contributed by atoms with E-state index in [1.807, 2.05) is 42.5 Å². The topological polar surface area (TPSA) is 148 Å². The Kier molecular flexibility index (Phi) is 8.16. The van der Waals surface area contributed by atoms with E-state index in [1.54, 1.807) is 36.1 Å².